The fraction of sp³-hybridized carbons (Fsp3) is 0.571. The van der Waals surface area contributed by atoms with Gasteiger partial charge in [0.25, 0.3) is 0 Å². The predicted molar refractivity (Wildman–Crippen MR) is 77.0 cm³/mol. The molecule has 1 saturated carbocycles. The van der Waals surface area contributed by atoms with E-state index in [4.69, 9.17) is 5.73 Å². The van der Waals surface area contributed by atoms with E-state index in [0.717, 1.165) is 36.8 Å². The van der Waals surface area contributed by atoms with Crippen LogP contribution in [0.5, 0.6) is 0 Å². The minimum absolute atomic E-state index is 0.0303. The van der Waals surface area contributed by atoms with Crippen molar-refractivity contribution in [2.75, 3.05) is 0 Å². The Kier molecular flexibility index (Phi) is 4.28. The second-order valence-corrected chi connectivity index (χ2v) is 7.09. The molecule has 3 N–H and O–H groups in total. The van der Waals surface area contributed by atoms with Crippen molar-refractivity contribution in [3.63, 3.8) is 0 Å². The van der Waals surface area contributed by atoms with E-state index in [0.29, 0.717) is 6.54 Å². The summed E-state index contributed by atoms with van der Waals surface area (Å²) < 4.78 is 27.3. The van der Waals surface area contributed by atoms with Gasteiger partial charge in [-0.2, -0.15) is 0 Å². The summed E-state index contributed by atoms with van der Waals surface area (Å²) in [5, 5.41) is 0. The second-order valence-electron chi connectivity index (χ2n) is 5.37. The first-order valence-corrected chi connectivity index (χ1v) is 8.43. The first kappa shape index (κ1) is 14.5. The molecule has 1 aromatic rings. The molecule has 19 heavy (non-hydrogen) atoms. The number of nitrogens with two attached hydrogens (primary N) is 1. The van der Waals surface area contributed by atoms with Crippen molar-refractivity contribution in [3.05, 3.63) is 35.4 Å². The molecule has 0 radical (unpaired) electrons. The maximum Gasteiger partial charge on any atom is 0.216 e. The molecule has 0 spiro atoms. The molecule has 1 aromatic carbocycles. The Hall–Kier alpha value is -0.910. The van der Waals surface area contributed by atoms with E-state index < -0.39 is 10.0 Å². The van der Waals surface area contributed by atoms with E-state index in [9.17, 15) is 8.42 Å². The van der Waals surface area contributed by atoms with Crippen molar-refractivity contribution in [1.29, 1.82) is 0 Å². The molecule has 0 bridgehead atoms. The first-order valence-electron chi connectivity index (χ1n) is 6.78. The Balaban J connectivity index is 2.08. The van der Waals surface area contributed by atoms with Gasteiger partial charge in [-0.25, -0.2) is 13.1 Å². The third-order valence-electron chi connectivity index (χ3n) is 3.94. The third kappa shape index (κ3) is 3.55. The third-order valence-corrected chi connectivity index (χ3v) is 5.40. The van der Waals surface area contributed by atoms with Crippen molar-refractivity contribution in [2.24, 2.45) is 5.73 Å². The molecule has 0 amide bonds. The highest BCUT2D eigenvalue weighted by molar-refractivity contribution is 7.88. The molecule has 1 aliphatic carbocycles. The van der Waals surface area contributed by atoms with Gasteiger partial charge in [0.05, 0.1) is 5.75 Å². The molecule has 0 heterocycles. The van der Waals surface area contributed by atoms with Crippen LogP contribution in [0.2, 0.25) is 0 Å². The van der Waals surface area contributed by atoms with Gasteiger partial charge < -0.3 is 5.73 Å². The maximum atomic E-state index is 12.2. The van der Waals surface area contributed by atoms with Gasteiger partial charge in [-0.05, 0) is 36.8 Å². The molecule has 4 nitrogen and oxygen atoms in total. The highest BCUT2D eigenvalue weighted by atomic mass is 32.2. The second kappa shape index (κ2) is 5.61. The Bertz CT molecular complexity index is 531. The molecule has 0 aromatic heterocycles. The maximum absolute atomic E-state index is 12.2. The van der Waals surface area contributed by atoms with Crippen molar-refractivity contribution in [2.45, 2.75) is 50.4 Å². The average Bonchev–Trinajstić information content (AvgIpc) is 2.33. The summed E-state index contributed by atoms with van der Waals surface area (Å²) in [5.41, 5.74) is 7.13. The van der Waals surface area contributed by atoms with Crippen molar-refractivity contribution >= 4 is 10.0 Å². The van der Waals surface area contributed by atoms with Crippen LogP contribution in [0.3, 0.4) is 0 Å². The quantitative estimate of drug-likeness (QED) is 0.837. The molecule has 106 valence electrons. The zero-order valence-corrected chi connectivity index (χ0v) is 12.2. The number of hydrogen-bond donors (Lipinski definition) is 2. The lowest BCUT2D eigenvalue weighted by atomic mass is 9.76. The lowest BCUT2D eigenvalue weighted by Crippen LogP contribution is -2.53. The van der Waals surface area contributed by atoms with Crippen molar-refractivity contribution in [1.82, 2.24) is 4.72 Å². The fourth-order valence-corrected chi connectivity index (χ4v) is 4.26. The van der Waals surface area contributed by atoms with Gasteiger partial charge in [-0.15, -0.1) is 0 Å². The van der Waals surface area contributed by atoms with Crippen LogP contribution in [-0.2, 0) is 22.3 Å². The number of benzene rings is 1. The van der Waals surface area contributed by atoms with Gasteiger partial charge >= 0.3 is 0 Å². The number of rotatable bonds is 6. The summed E-state index contributed by atoms with van der Waals surface area (Å²) in [6.45, 7) is 2.47. The van der Waals surface area contributed by atoms with Gasteiger partial charge in [-0.1, -0.05) is 31.2 Å². The number of sulfonamides is 1. The largest absolute Gasteiger partial charge is 0.326 e. The van der Waals surface area contributed by atoms with Crippen LogP contribution in [0.4, 0.5) is 0 Å². The van der Waals surface area contributed by atoms with Gasteiger partial charge in [-0.3, -0.25) is 0 Å². The normalized spacial score (nSPS) is 18.0. The fourth-order valence-electron chi connectivity index (χ4n) is 2.56. The Morgan fingerprint density at radius 2 is 2.00 bits per heavy atom. The number of hydrogen-bond acceptors (Lipinski definition) is 3. The summed E-state index contributed by atoms with van der Waals surface area (Å²) in [6, 6.07) is 7.45. The summed E-state index contributed by atoms with van der Waals surface area (Å²) in [5.74, 6) is 0.0303. The van der Waals surface area contributed by atoms with E-state index >= 15 is 0 Å². The average molecular weight is 282 g/mol. The Labute approximate surface area is 115 Å². The summed E-state index contributed by atoms with van der Waals surface area (Å²) >= 11 is 0. The number of nitrogens with one attached hydrogen (secondary N) is 1. The lowest BCUT2D eigenvalue weighted by molar-refractivity contribution is 0.213. The van der Waals surface area contributed by atoms with Crippen LogP contribution in [0.25, 0.3) is 0 Å². The highest BCUT2D eigenvalue weighted by Crippen LogP contribution is 2.35. The molecule has 1 fully saturated rings. The van der Waals surface area contributed by atoms with Crippen molar-refractivity contribution < 1.29 is 8.42 Å². The van der Waals surface area contributed by atoms with E-state index in [2.05, 4.69) is 4.72 Å². The standard InChI is InChI=1S/C14H22N2O2S/c1-2-14(7-4-8-14)16-19(17,18)11-13-6-3-5-12(9-13)10-15/h3,5-6,9,16H,2,4,7-8,10-11,15H2,1H3. The molecule has 0 aliphatic heterocycles. The molecule has 1 aliphatic rings. The van der Waals surface area contributed by atoms with Crippen LogP contribution < -0.4 is 10.5 Å². The van der Waals surface area contributed by atoms with E-state index in [1.54, 1.807) is 0 Å². The predicted octanol–water partition coefficient (Wildman–Crippen LogP) is 1.90. The van der Waals surface area contributed by atoms with Crippen LogP contribution in [0.1, 0.15) is 43.7 Å². The van der Waals surface area contributed by atoms with Gasteiger partial charge in [0.15, 0.2) is 0 Å². The zero-order valence-electron chi connectivity index (χ0n) is 11.4. The molecule has 0 saturated heterocycles. The van der Waals surface area contributed by atoms with E-state index in [-0.39, 0.29) is 11.3 Å². The first-order chi connectivity index (χ1) is 8.99. The van der Waals surface area contributed by atoms with Gasteiger partial charge in [0.2, 0.25) is 10.0 Å². The Morgan fingerprint density at radius 1 is 1.32 bits per heavy atom. The SMILES string of the molecule is CCC1(NS(=O)(=O)Cc2cccc(CN)c2)CCC1. The zero-order chi connectivity index (χ0) is 13.9. The topological polar surface area (TPSA) is 72.2 Å². The van der Waals surface area contributed by atoms with Crippen molar-refractivity contribution in [3.8, 4) is 0 Å². The minimum atomic E-state index is -3.28. The monoisotopic (exact) mass is 282 g/mol. The van der Waals surface area contributed by atoms with Crippen LogP contribution in [0, 0.1) is 0 Å². The molecular weight excluding hydrogens is 260 g/mol. The Morgan fingerprint density at radius 3 is 2.53 bits per heavy atom. The molecular formula is C14H22N2O2S. The highest BCUT2D eigenvalue weighted by Gasteiger charge is 2.38. The van der Waals surface area contributed by atoms with Crippen LogP contribution in [0.15, 0.2) is 24.3 Å². The van der Waals surface area contributed by atoms with E-state index in [1.807, 2.05) is 31.2 Å². The molecule has 5 heteroatoms. The van der Waals surface area contributed by atoms with E-state index in [1.165, 1.54) is 0 Å². The molecule has 0 atom stereocenters. The van der Waals surface area contributed by atoms with Gasteiger partial charge in [0, 0.05) is 12.1 Å². The summed E-state index contributed by atoms with van der Waals surface area (Å²) in [7, 11) is -3.28. The molecule has 2 rings (SSSR count). The van der Waals surface area contributed by atoms with Crippen LogP contribution >= 0.6 is 0 Å². The summed E-state index contributed by atoms with van der Waals surface area (Å²) in [6.07, 6.45) is 3.87. The van der Waals surface area contributed by atoms with Crippen LogP contribution in [-0.4, -0.2) is 14.0 Å². The molecule has 0 unspecified atom stereocenters. The van der Waals surface area contributed by atoms with Gasteiger partial charge in [0.1, 0.15) is 0 Å². The smallest absolute Gasteiger partial charge is 0.216 e. The minimum Gasteiger partial charge on any atom is -0.326 e. The lowest BCUT2D eigenvalue weighted by Gasteiger charge is -2.41. The summed E-state index contributed by atoms with van der Waals surface area (Å²) in [4.78, 5) is 0.